The molecule has 32 heavy (non-hydrogen) atoms. The second-order valence-electron chi connectivity index (χ2n) is 7.83. The highest BCUT2D eigenvalue weighted by molar-refractivity contribution is 5.95. The Hall–Kier alpha value is -1.78. The monoisotopic (exact) mass is 511 g/mol. The molecule has 0 saturated carbocycles. The van der Waals surface area contributed by atoms with Crippen molar-refractivity contribution in [3.63, 3.8) is 0 Å². The van der Waals surface area contributed by atoms with Gasteiger partial charge in [0.1, 0.15) is 5.84 Å². The average Bonchev–Trinajstić information content (AvgIpc) is 2.67. The van der Waals surface area contributed by atoms with Gasteiger partial charge in [-0.2, -0.15) is 0 Å². The molecular weight excluding hydrogens is 481 g/mol. The van der Waals surface area contributed by atoms with Crippen LogP contribution in [0.1, 0.15) is 18.4 Å². The average molecular weight is 513 g/mol. The molecule has 0 radical (unpaired) electrons. The van der Waals surface area contributed by atoms with E-state index < -0.39 is 11.9 Å². The number of carbonyl (C=O) groups is 2. The van der Waals surface area contributed by atoms with Crippen LogP contribution in [0, 0.1) is 11.3 Å². The van der Waals surface area contributed by atoms with E-state index in [2.05, 4.69) is 9.80 Å². The number of halogens is 3. The number of carboxylic acid groups (broad SMARTS) is 2. The first-order valence-electron chi connectivity index (χ1n) is 9.93. The van der Waals surface area contributed by atoms with E-state index in [0.717, 1.165) is 38.3 Å². The fourth-order valence-electron chi connectivity index (χ4n) is 4.50. The van der Waals surface area contributed by atoms with Gasteiger partial charge in [0.15, 0.2) is 0 Å². The van der Waals surface area contributed by atoms with Crippen molar-refractivity contribution in [2.24, 2.45) is 11.7 Å². The molecule has 5 N–H and O–H groups in total. The lowest BCUT2D eigenvalue weighted by Gasteiger charge is -2.46. The van der Waals surface area contributed by atoms with Crippen molar-refractivity contribution in [3.05, 3.63) is 29.8 Å². The van der Waals surface area contributed by atoms with Crippen LogP contribution in [0.3, 0.4) is 0 Å². The maximum absolute atomic E-state index is 11.4. The van der Waals surface area contributed by atoms with Gasteiger partial charge in [-0.25, -0.2) is 0 Å². The summed E-state index contributed by atoms with van der Waals surface area (Å²) in [7, 11) is 0. The van der Waals surface area contributed by atoms with Crippen molar-refractivity contribution in [2.75, 3.05) is 50.7 Å². The third-order valence-electron chi connectivity index (χ3n) is 5.90. The van der Waals surface area contributed by atoms with Crippen molar-refractivity contribution in [3.8, 4) is 0 Å². The van der Waals surface area contributed by atoms with Gasteiger partial charge in [-0.15, -0.1) is 37.2 Å². The van der Waals surface area contributed by atoms with Gasteiger partial charge in [-0.3, -0.25) is 24.8 Å². The van der Waals surface area contributed by atoms with E-state index in [1.54, 1.807) is 0 Å². The molecular formula is C20H32Cl3N5O4. The molecule has 2 atom stereocenters. The van der Waals surface area contributed by atoms with Gasteiger partial charge < -0.3 is 20.8 Å². The third kappa shape index (κ3) is 7.97. The number of amidine groups is 1. The predicted octanol–water partition coefficient (Wildman–Crippen LogP) is 1.61. The number of piperazine rings is 1. The lowest BCUT2D eigenvalue weighted by atomic mass is 9.87. The molecule has 0 amide bonds. The minimum atomic E-state index is -0.873. The number of rotatable bonds is 7. The summed E-state index contributed by atoms with van der Waals surface area (Å²) in [6.45, 7) is 4.52. The van der Waals surface area contributed by atoms with Crippen LogP contribution >= 0.6 is 37.2 Å². The summed E-state index contributed by atoms with van der Waals surface area (Å²) in [6, 6.07) is 7.82. The molecule has 1 aromatic carbocycles. The van der Waals surface area contributed by atoms with Crippen molar-refractivity contribution in [1.29, 1.82) is 5.41 Å². The molecule has 0 aromatic heterocycles. The van der Waals surface area contributed by atoms with Gasteiger partial charge in [-0.05, 0) is 36.6 Å². The standard InChI is InChI=1S/C20H29N5O4.3ClH/c21-20(22)14-1-3-16(4-2-14)24-7-9-25(10-8-24)17-5-6-23(13-19(28)29)12-15(17)11-18(26)27;;;/h1-4,15,17H,5-13H2,(H3,21,22)(H,26,27)(H,28,29);3*1H/t15-,17+;;;/m1.../s1. The molecule has 0 unspecified atom stereocenters. The van der Waals surface area contributed by atoms with Gasteiger partial charge in [0.25, 0.3) is 0 Å². The zero-order valence-electron chi connectivity index (χ0n) is 17.7. The van der Waals surface area contributed by atoms with Gasteiger partial charge in [0.05, 0.1) is 13.0 Å². The number of piperidine rings is 1. The summed E-state index contributed by atoms with van der Waals surface area (Å²) in [5.41, 5.74) is 7.31. The number of hydrogen-bond acceptors (Lipinski definition) is 6. The number of carboxylic acids is 2. The number of benzene rings is 1. The van der Waals surface area contributed by atoms with Crippen molar-refractivity contribution in [1.82, 2.24) is 9.80 Å². The Balaban J connectivity index is 0.00000320. The van der Waals surface area contributed by atoms with Gasteiger partial charge >= 0.3 is 11.9 Å². The minimum absolute atomic E-state index is 0. The summed E-state index contributed by atoms with van der Waals surface area (Å²) >= 11 is 0. The number of nitrogens with one attached hydrogen (secondary N) is 1. The largest absolute Gasteiger partial charge is 0.481 e. The SMILES string of the molecule is Cl.Cl.Cl.N=C(N)c1ccc(N2CCN([C@H]3CCN(CC(=O)O)C[C@H]3CC(=O)O)CC2)cc1. The summed E-state index contributed by atoms with van der Waals surface area (Å²) in [5, 5.41) is 25.8. The van der Waals surface area contributed by atoms with Crippen LogP contribution in [0.15, 0.2) is 24.3 Å². The van der Waals surface area contributed by atoms with Crippen LogP contribution in [-0.2, 0) is 9.59 Å². The fraction of sp³-hybridized carbons (Fsp3) is 0.550. The number of nitrogens with two attached hydrogens (primary N) is 1. The second-order valence-corrected chi connectivity index (χ2v) is 7.83. The minimum Gasteiger partial charge on any atom is -0.481 e. The summed E-state index contributed by atoms with van der Waals surface area (Å²) < 4.78 is 0. The first-order chi connectivity index (χ1) is 13.8. The Morgan fingerprint density at radius 3 is 2.06 bits per heavy atom. The van der Waals surface area contributed by atoms with Crippen LogP contribution in [0.2, 0.25) is 0 Å². The second kappa shape index (κ2) is 13.7. The Morgan fingerprint density at radius 2 is 1.56 bits per heavy atom. The van der Waals surface area contributed by atoms with E-state index in [1.807, 2.05) is 29.2 Å². The molecule has 3 rings (SSSR count). The number of nitrogen functional groups attached to an aromatic ring is 1. The molecule has 182 valence electrons. The fourth-order valence-corrected chi connectivity index (χ4v) is 4.50. The summed E-state index contributed by atoms with van der Waals surface area (Å²) in [5.74, 6) is -1.72. The van der Waals surface area contributed by atoms with E-state index in [-0.39, 0.29) is 68.0 Å². The normalized spacial score (nSPS) is 21.4. The van der Waals surface area contributed by atoms with Gasteiger partial charge in [0.2, 0.25) is 0 Å². The molecule has 12 heteroatoms. The summed E-state index contributed by atoms with van der Waals surface area (Å²) in [4.78, 5) is 28.9. The smallest absolute Gasteiger partial charge is 0.317 e. The van der Waals surface area contributed by atoms with E-state index in [9.17, 15) is 14.7 Å². The topological polar surface area (TPSA) is 134 Å². The number of likely N-dealkylation sites (tertiary alicyclic amines) is 1. The van der Waals surface area contributed by atoms with Crippen LogP contribution in [0.25, 0.3) is 0 Å². The quantitative estimate of drug-likeness (QED) is 0.320. The first-order valence-corrected chi connectivity index (χ1v) is 9.93. The maximum Gasteiger partial charge on any atom is 0.317 e. The Labute approximate surface area is 206 Å². The van der Waals surface area contributed by atoms with E-state index >= 15 is 0 Å². The molecule has 0 bridgehead atoms. The molecule has 2 saturated heterocycles. The van der Waals surface area contributed by atoms with E-state index in [4.69, 9.17) is 16.2 Å². The molecule has 0 aliphatic carbocycles. The van der Waals surface area contributed by atoms with Crippen LogP contribution in [-0.4, -0.2) is 89.6 Å². The van der Waals surface area contributed by atoms with Crippen LogP contribution in [0.4, 0.5) is 5.69 Å². The zero-order valence-corrected chi connectivity index (χ0v) is 20.1. The first kappa shape index (κ1) is 30.2. The number of anilines is 1. The molecule has 2 heterocycles. The van der Waals surface area contributed by atoms with Gasteiger partial charge in [-0.1, -0.05) is 0 Å². The molecule has 0 spiro atoms. The van der Waals surface area contributed by atoms with Gasteiger partial charge in [0, 0.05) is 56.6 Å². The molecule has 9 nitrogen and oxygen atoms in total. The number of hydrogen-bond donors (Lipinski definition) is 4. The molecule has 2 aliphatic heterocycles. The lowest BCUT2D eigenvalue weighted by Crippen LogP contribution is -2.57. The molecule has 2 fully saturated rings. The highest BCUT2D eigenvalue weighted by Crippen LogP contribution is 2.27. The van der Waals surface area contributed by atoms with E-state index in [0.29, 0.717) is 18.7 Å². The third-order valence-corrected chi connectivity index (χ3v) is 5.90. The van der Waals surface area contributed by atoms with E-state index in [1.165, 1.54) is 0 Å². The highest BCUT2D eigenvalue weighted by atomic mass is 35.5. The molecule has 2 aliphatic rings. The lowest BCUT2D eigenvalue weighted by molar-refractivity contribution is -0.140. The van der Waals surface area contributed by atoms with Crippen molar-refractivity contribution in [2.45, 2.75) is 18.9 Å². The van der Waals surface area contributed by atoms with Crippen molar-refractivity contribution >= 4 is 60.7 Å². The Kier molecular flexibility index (Phi) is 12.9. The summed E-state index contributed by atoms with van der Waals surface area (Å²) in [6.07, 6.45) is 0.853. The Morgan fingerprint density at radius 1 is 0.969 bits per heavy atom. The molecule has 1 aromatic rings. The predicted molar refractivity (Wildman–Crippen MR) is 131 cm³/mol. The van der Waals surface area contributed by atoms with Crippen LogP contribution in [0.5, 0.6) is 0 Å². The zero-order chi connectivity index (χ0) is 21.0. The van der Waals surface area contributed by atoms with Crippen molar-refractivity contribution < 1.29 is 19.8 Å². The maximum atomic E-state index is 11.4. The Bertz CT molecular complexity index is 760. The van der Waals surface area contributed by atoms with Crippen LogP contribution < -0.4 is 10.6 Å². The number of nitrogens with zero attached hydrogens (tertiary/aromatic N) is 3. The highest BCUT2D eigenvalue weighted by Gasteiger charge is 2.36. The number of aliphatic carboxylic acids is 2.